The van der Waals surface area contributed by atoms with Crippen molar-refractivity contribution >= 4 is 34.2 Å². The minimum absolute atomic E-state index is 0.0362. The monoisotopic (exact) mass is 464 g/mol. The predicted octanol–water partition coefficient (Wildman–Crippen LogP) is 3.30. The van der Waals surface area contributed by atoms with Gasteiger partial charge < -0.3 is 10.1 Å². The van der Waals surface area contributed by atoms with E-state index in [1.165, 1.54) is 10.8 Å². The van der Waals surface area contributed by atoms with Gasteiger partial charge >= 0.3 is 5.69 Å². The predicted molar refractivity (Wildman–Crippen MR) is 127 cm³/mol. The largest absolute Gasteiger partial charge is 0.492 e. The van der Waals surface area contributed by atoms with Crippen LogP contribution in [-0.4, -0.2) is 26.6 Å². The van der Waals surface area contributed by atoms with Crippen LogP contribution in [-0.2, 0) is 17.9 Å². The van der Waals surface area contributed by atoms with Crippen LogP contribution in [0, 0.1) is 0 Å². The summed E-state index contributed by atoms with van der Waals surface area (Å²) in [4.78, 5) is 43.4. The van der Waals surface area contributed by atoms with Crippen molar-refractivity contribution in [1.29, 1.82) is 0 Å². The van der Waals surface area contributed by atoms with Gasteiger partial charge in [0, 0.05) is 11.2 Å². The van der Waals surface area contributed by atoms with Crippen LogP contribution in [0.15, 0.2) is 76.4 Å². The fraction of sp³-hybridized carbons (Fsp3) is 0.167. The summed E-state index contributed by atoms with van der Waals surface area (Å²) in [7, 11) is 0. The molecule has 2 aromatic carbocycles. The van der Waals surface area contributed by atoms with Crippen molar-refractivity contribution in [3.63, 3.8) is 0 Å². The number of amides is 1. The molecule has 0 atom stereocenters. The first-order valence-electron chi connectivity index (χ1n) is 10.3. The van der Waals surface area contributed by atoms with Crippen molar-refractivity contribution in [1.82, 2.24) is 14.1 Å². The molecule has 1 amide bonds. The highest BCUT2D eigenvalue weighted by Gasteiger charge is 2.17. The van der Waals surface area contributed by atoms with Gasteiger partial charge in [0.25, 0.3) is 5.56 Å². The number of aromatic nitrogens is 3. The van der Waals surface area contributed by atoms with E-state index in [0.717, 1.165) is 10.1 Å². The average molecular weight is 465 g/mol. The van der Waals surface area contributed by atoms with E-state index in [-0.39, 0.29) is 24.1 Å². The number of carbonyl (C=O) groups is 1. The van der Waals surface area contributed by atoms with Crippen LogP contribution in [0.2, 0.25) is 5.02 Å². The summed E-state index contributed by atoms with van der Waals surface area (Å²) < 4.78 is 7.83. The topological polar surface area (TPSA) is 95.2 Å². The van der Waals surface area contributed by atoms with Crippen molar-refractivity contribution < 1.29 is 9.53 Å². The number of anilines is 1. The lowest BCUT2D eigenvalue weighted by atomic mass is 10.2. The van der Waals surface area contributed by atoms with Gasteiger partial charge in [0.05, 0.1) is 24.2 Å². The summed E-state index contributed by atoms with van der Waals surface area (Å²) in [6.07, 6.45) is 1.48. The average Bonchev–Trinajstić information content (AvgIpc) is 2.82. The van der Waals surface area contributed by atoms with Gasteiger partial charge in [-0.1, -0.05) is 35.9 Å². The van der Waals surface area contributed by atoms with Crippen LogP contribution < -0.4 is 21.3 Å². The van der Waals surface area contributed by atoms with Gasteiger partial charge in [-0.15, -0.1) is 0 Å². The van der Waals surface area contributed by atoms with Crippen LogP contribution in [0.3, 0.4) is 0 Å². The molecule has 0 radical (unpaired) electrons. The van der Waals surface area contributed by atoms with Gasteiger partial charge in [-0.05, 0) is 48.9 Å². The van der Waals surface area contributed by atoms with Crippen molar-refractivity contribution in [3.05, 3.63) is 98.3 Å². The molecule has 0 bridgehead atoms. The Labute approximate surface area is 194 Å². The van der Waals surface area contributed by atoms with E-state index in [1.807, 2.05) is 6.92 Å². The Bertz CT molecular complexity index is 1430. The maximum absolute atomic E-state index is 13.3. The number of fused-ring (bicyclic) bond motifs is 1. The molecule has 0 spiro atoms. The van der Waals surface area contributed by atoms with Crippen molar-refractivity contribution in [2.45, 2.75) is 20.0 Å². The third-order valence-corrected chi connectivity index (χ3v) is 5.25. The van der Waals surface area contributed by atoms with Crippen LogP contribution in [0.25, 0.3) is 11.0 Å². The lowest BCUT2D eigenvalue weighted by molar-refractivity contribution is -0.116. The number of hydrogen-bond donors (Lipinski definition) is 1. The van der Waals surface area contributed by atoms with E-state index in [0.29, 0.717) is 23.1 Å². The third kappa shape index (κ3) is 4.80. The van der Waals surface area contributed by atoms with Gasteiger partial charge in [-0.25, -0.2) is 9.78 Å². The molecule has 0 unspecified atom stereocenters. The fourth-order valence-corrected chi connectivity index (χ4v) is 3.61. The zero-order chi connectivity index (χ0) is 23.4. The molecular formula is C24H21ClN4O4. The number of benzene rings is 2. The van der Waals surface area contributed by atoms with Crippen LogP contribution in [0.5, 0.6) is 5.75 Å². The van der Waals surface area contributed by atoms with Crippen LogP contribution in [0.4, 0.5) is 5.69 Å². The molecule has 8 nitrogen and oxygen atoms in total. The van der Waals surface area contributed by atoms with E-state index in [1.54, 1.807) is 60.7 Å². The molecule has 2 heterocycles. The number of rotatable bonds is 7. The molecule has 0 saturated heterocycles. The summed E-state index contributed by atoms with van der Waals surface area (Å²) in [6, 6.07) is 17.1. The molecular weight excluding hydrogens is 444 g/mol. The molecule has 2 aromatic heterocycles. The minimum Gasteiger partial charge on any atom is -0.492 e. The van der Waals surface area contributed by atoms with Gasteiger partial charge in [-0.3, -0.25) is 18.7 Å². The van der Waals surface area contributed by atoms with Gasteiger partial charge in [-0.2, -0.15) is 0 Å². The Kier molecular flexibility index (Phi) is 6.55. The van der Waals surface area contributed by atoms with Gasteiger partial charge in [0.2, 0.25) is 5.91 Å². The number of pyridine rings is 1. The smallest absolute Gasteiger partial charge is 0.333 e. The summed E-state index contributed by atoms with van der Waals surface area (Å²) in [5, 5.41) is 3.57. The molecule has 0 saturated carbocycles. The lowest BCUT2D eigenvalue weighted by Gasteiger charge is -2.15. The number of ether oxygens (including phenoxy) is 1. The van der Waals surface area contributed by atoms with Crippen molar-refractivity contribution in [2.24, 2.45) is 0 Å². The van der Waals surface area contributed by atoms with Crippen LogP contribution >= 0.6 is 11.6 Å². The Hall–Kier alpha value is -3.91. The third-order valence-electron chi connectivity index (χ3n) is 5.00. The molecule has 0 aliphatic heterocycles. The molecule has 9 heteroatoms. The maximum Gasteiger partial charge on any atom is 0.333 e. The molecule has 33 heavy (non-hydrogen) atoms. The second kappa shape index (κ2) is 9.70. The molecule has 0 aliphatic rings. The standard InChI is InChI=1S/C24H21ClN4O4/c1-2-33-20-8-4-3-7-19(20)27-21(30)15-28-22-18(6-5-13-26-22)23(31)29(24(28)32)14-16-9-11-17(25)12-10-16/h3-13H,2,14-15H2,1H3,(H,27,30). The van der Waals surface area contributed by atoms with Crippen LogP contribution in [0.1, 0.15) is 12.5 Å². The van der Waals surface area contributed by atoms with E-state index >= 15 is 0 Å². The highest BCUT2D eigenvalue weighted by Crippen LogP contribution is 2.23. The van der Waals surface area contributed by atoms with E-state index in [2.05, 4.69) is 10.3 Å². The van der Waals surface area contributed by atoms with Gasteiger partial charge in [0.15, 0.2) is 0 Å². The Balaban J connectivity index is 1.72. The van der Waals surface area contributed by atoms with E-state index < -0.39 is 17.2 Å². The van der Waals surface area contributed by atoms with E-state index in [9.17, 15) is 14.4 Å². The quantitative estimate of drug-likeness (QED) is 0.453. The Morgan fingerprint density at radius 1 is 1.03 bits per heavy atom. The van der Waals surface area contributed by atoms with Gasteiger partial charge in [0.1, 0.15) is 17.9 Å². The summed E-state index contributed by atoms with van der Waals surface area (Å²) in [5.74, 6) is 0.0734. The Morgan fingerprint density at radius 2 is 1.79 bits per heavy atom. The molecule has 0 fully saturated rings. The number of hydrogen-bond acceptors (Lipinski definition) is 5. The normalized spacial score (nSPS) is 10.8. The first-order valence-corrected chi connectivity index (χ1v) is 10.7. The first kappa shape index (κ1) is 22.3. The molecule has 4 aromatic rings. The second-order valence-electron chi connectivity index (χ2n) is 7.24. The zero-order valence-electron chi connectivity index (χ0n) is 17.8. The maximum atomic E-state index is 13.3. The highest BCUT2D eigenvalue weighted by atomic mass is 35.5. The number of nitrogens with zero attached hydrogens (tertiary/aromatic N) is 3. The molecule has 4 rings (SSSR count). The van der Waals surface area contributed by atoms with E-state index in [4.69, 9.17) is 16.3 Å². The highest BCUT2D eigenvalue weighted by molar-refractivity contribution is 6.30. The number of carbonyl (C=O) groups excluding carboxylic acids is 1. The van der Waals surface area contributed by atoms with Crippen molar-refractivity contribution in [2.75, 3.05) is 11.9 Å². The summed E-state index contributed by atoms with van der Waals surface area (Å²) >= 11 is 5.94. The molecule has 1 N–H and O–H groups in total. The molecule has 0 aliphatic carbocycles. The molecule has 168 valence electrons. The Morgan fingerprint density at radius 3 is 2.55 bits per heavy atom. The zero-order valence-corrected chi connectivity index (χ0v) is 18.6. The van der Waals surface area contributed by atoms with Crippen molar-refractivity contribution in [3.8, 4) is 5.75 Å². The number of nitrogens with one attached hydrogen (secondary N) is 1. The minimum atomic E-state index is -0.630. The number of halogens is 1. The second-order valence-corrected chi connectivity index (χ2v) is 7.67. The first-order chi connectivity index (χ1) is 16.0. The summed E-state index contributed by atoms with van der Waals surface area (Å²) in [6.45, 7) is 2.00. The summed E-state index contributed by atoms with van der Waals surface area (Å²) in [5.41, 5.74) is 0.256. The lowest BCUT2D eigenvalue weighted by Crippen LogP contribution is -2.42. The fourth-order valence-electron chi connectivity index (χ4n) is 3.49. The number of para-hydroxylation sites is 2. The SMILES string of the molecule is CCOc1ccccc1NC(=O)Cn1c(=O)n(Cc2ccc(Cl)cc2)c(=O)c2cccnc21.